The van der Waals surface area contributed by atoms with Gasteiger partial charge in [0.1, 0.15) is 5.01 Å². The van der Waals surface area contributed by atoms with Gasteiger partial charge in [-0.2, -0.15) is 0 Å². The van der Waals surface area contributed by atoms with Crippen LogP contribution < -0.4 is 14.8 Å². The molecule has 33 heavy (non-hydrogen) atoms. The number of carbonyl (C=O) groups excluding carboxylic acids is 2. The fraction of sp³-hybridized carbons (Fsp3) is 0.333. The summed E-state index contributed by atoms with van der Waals surface area (Å²) in [6.07, 6.45) is 0.968. The lowest BCUT2D eigenvalue weighted by Crippen LogP contribution is -2.40. The topological polar surface area (TPSA) is 93.7 Å². The molecule has 1 unspecified atom stereocenters. The van der Waals surface area contributed by atoms with Gasteiger partial charge >= 0.3 is 0 Å². The van der Waals surface area contributed by atoms with Crippen molar-refractivity contribution in [2.45, 2.75) is 39.7 Å². The first-order chi connectivity index (χ1) is 16.0. The van der Waals surface area contributed by atoms with Crippen LogP contribution in [0.1, 0.15) is 42.6 Å². The fourth-order valence-electron chi connectivity index (χ4n) is 3.53. The number of hydrogen-bond donors (Lipinski definition) is 1. The molecule has 2 aromatic carbocycles. The van der Waals surface area contributed by atoms with E-state index in [0.717, 1.165) is 17.5 Å². The van der Waals surface area contributed by atoms with Crippen molar-refractivity contribution in [2.24, 2.45) is 0 Å². The summed E-state index contributed by atoms with van der Waals surface area (Å²) in [4.78, 5) is 27.5. The molecule has 0 radical (unpaired) electrons. The highest BCUT2D eigenvalue weighted by atomic mass is 32.1. The van der Waals surface area contributed by atoms with E-state index in [1.807, 2.05) is 63.2 Å². The lowest BCUT2D eigenvalue weighted by molar-refractivity contribution is -0.116. The first kappa shape index (κ1) is 22.7. The Morgan fingerprint density at radius 3 is 2.73 bits per heavy atom. The molecule has 0 fully saturated rings. The van der Waals surface area contributed by atoms with Gasteiger partial charge in [-0.25, -0.2) is 0 Å². The predicted octanol–water partition coefficient (Wildman–Crippen LogP) is 4.51. The Bertz CT molecular complexity index is 1160. The molecule has 1 aliphatic rings. The third kappa shape index (κ3) is 5.14. The van der Waals surface area contributed by atoms with E-state index in [1.165, 1.54) is 11.3 Å². The van der Waals surface area contributed by atoms with Gasteiger partial charge < -0.3 is 19.7 Å². The number of aromatic nitrogens is 2. The molecular weight excluding hydrogens is 440 g/mol. The van der Waals surface area contributed by atoms with E-state index in [0.29, 0.717) is 33.7 Å². The number of nitrogens with zero attached hydrogens (tertiary/aromatic N) is 3. The minimum atomic E-state index is -0.214. The zero-order valence-electron chi connectivity index (χ0n) is 18.8. The highest BCUT2D eigenvalue weighted by Crippen LogP contribution is 2.37. The lowest BCUT2D eigenvalue weighted by atomic mass is 10.1. The molecule has 9 heteroatoms. The normalized spacial score (nSPS) is 12.9. The van der Waals surface area contributed by atoms with Crippen molar-refractivity contribution < 1.29 is 19.1 Å². The summed E-state index contributed by atoms with van der Waals surface area (Å²) in [7, 11) is 0. The van der Waals surface area contributed by atoms with E-state index in [4.69, 9.17) is 9.47 Å². The second-order valence-electron chi connectivity index (χ2n) is 7.85. The van der Waals surface area contributed by atoms with E-state index in [9.17, 15) is 9.59 Å². The van der Waals surface area contributed by atoms with Gasteiger partial charge in [-0.05, 0) is 50.1 Å². The molecule has 1 aliphatic heterocycles. The third-order valence-corrected chi connectivity index (χ3v) is 6.52. The lowest BCUT2D eigenvalue weighted by Gasteiger charge is -2.29. The van der Waals surface area contributed by atoms with Crippen LogP contribution in [0.4, 0.5) is 5.13 Å². The van der Waals surface area contributed by atoms with Crippen molar-refractivity contribution >= 4 is 28.3 Å². The standard InChI is InChI=1S/C24H26N4O4S/c1-4-16(3)28(23(30)18-8-6-5-7-15(18)2)12-11-21(29)25-24-27-26-22(33-24)17-9-10-19-20(13-17)32-14-31-19/h5-10,13,16H,4,11-12,14H2,1-3H3,(H,25,27,29). The number of nitrogens with one attached hydrogen (secondary N) is 1. The largest absolute Gasteiger partial charge is 0.454 e. The van der Waals surface area contributed by atoms with Gasteiger partial charge in [0.05, 0.1) is 0 Å². The van der Waals surface area contributed by atoms with Crippen LogP contribution in [0.5, 0.6) is 11.5 Å². The number of aryl methyl sites for hydroxylation is 1. The van der Waals surface area contributed by atoms with Crippen LogP contribution in [0.15, 0.2) is 42.5 Å². The Kier molecular flexibility index (Phi) is 6.88. The van der Waals surface area contributed by atoms with Crippen LogP contribution in [0, 0.1) is 6.92 Å². The molecule has 2 amide bonds. The molecule has 1 atom stereocenters. The molecule has 0 aliphatic carbocycles. The molecule has 0 saturated heterocycles. The van der Waals surface area contributed by atoms with Gasteiger partial charge in [0.15, 0.2) is 11.5 Å². The maximum absolute atomic E-state index is 13.1. The third-order valence-electron chi connectivity index (χ3n) is 5.63. The molecule has 1 aromatic heterocycles. The summed E-state index contributed by atoms with van der Waals surface area (Å²) in [6, 6.07) is 13.1. The van der Waals surface area contributed by atoms with E-state index in [2.05, 4.69) is 15.5 Å². The number of hydrogen-bond acceptors (Lipinski definition) is 7. The zero-order valence-corrected chi connectivity index (χ0v) is 19.6. The molecule has 172 valence electrons. The minimum Gasteiger partial charge on any atom is -0.454 e. The smallest absolute Gasteiger partial charge is 0.254 e. The second kappa shape index (κ2) is 9.99. The Labute approximate surface area is 196 Å². The zero-order chi connectivity index (χ0) is 23.4. The number of ether oxygens (including phenoxy) is 2. The molecule has 8 nitrogen and oxygen atoms in total. The molecule has 3 aromatic rings. The minimum absolute atomic E-state index is 0.0176. The van der Waals surface area contributed by atoms with Crippen molar-refractivity contribution in [1.29, 1.82) is 0 Å². The van der Waals surface area contributed by atoms with Crippen molar-refractivity contribution in [3.8, 4) is 22.1 Å². The number of benzene rings is 2. The molecule has 0 spiro atoms. The van der Waals surface area contributed by atoms with Gasteiger partial charge in [-0.15, -0.1) is 10.2 Å². The molecule has 2 heterocycles. The number of amides is 2. The summed E-state index contributed by atoms with van der Waals surface area (Å²) in [5, 5.41) is 12.1. The Hall–Kier alpha value is -3.46. The quantitative estimate of drug-likeness (QED) is 0.525. The number of rotatable bonds is 8. The summed E-state index contributed by atoms with van der Waals surface area (Å²) in [5.41, 5.74) is 2.42. The van der Waals surface area contributed by atoms with Crippen LogP contribution in [-0.4, -0.2) is 46.3 Å². The number of carbonyl (C=O) groups is 2. The van der Waals surface area contributed by atoms with Gasteiger partial charge in [-0.3, -0.25) is 9.59 Å². The molecular formula is C24H26N4O4S. The molecule has 0 bridgehead atoms. The van der Waals surface area contributed by atoms with Crippen molar-refractivity contribution in [3.63, 3.8) is 0 Å². The van der Waals surface area contributed by atoms with E-state index < -0.39 is 0 Å². The average molecular weight is 467 g/mol. The first-order valence-corrected chi connectivity index (χ1v) is 11.7. The predicted molar refractivity (Wildman–Crippen MR) is 127 cm³/mol. The molecule has 4 rings (SSSR count). The van der Waals surface area contributed by atoms with E-state index in [-0.39, 0.29) is 31.1 Å². The summed E-state index contributed by atoms with van der Waals surface area (Å²) in [5.74, 6) is 1.09. The molecule has 0 saturated carbocycles. The van der Waals surface area contributed by atoms with Crippen LogP contribution in [0.2, 0.25) is 0 Å². The van der Waals surface area contributed by atoms with Crippen LogP contribution in [0.25, 0.3) is 10.6 Å². The highest BCUT2D eigenvalue weighted by Gasteiger charge is 2.23. The Morgan fingerprint density at radius 1 is 1.15 bits per heavy atom. The van der Waals surface area contributed by atoms with Crippen molar-refractivity contribution in [3.05, 3.63) is 53.6 Å². The second-order valence-corrected chi connectivity index (χ2v) is 8.83. The van der Waals surface area contributed by atoms with Crippen LogP contribution in [-0.2, 0) is 4.79 Å². The van der Waals surface area contributed by atoms with Crippen molar-refractivity contribution in [1.82, 2.24) is 15.1 Å². The maximum Gasteiger partial charge on any atom is 0.254 e. The number of fused-ring (bicyclic) bond motifs is 1. The van der Waals surface area contributed by atoms with E-state index in [1.54, 1.807) is 4.90 Å². The Balaban J connectivity index is 1.39. The van der Waals surface area contributed by atoms with E-state index >= 15 is 0 Å². The first-order valence-electron chi connectivity index (χ1n) is 10.9. The SMILES string of the molecule is CCC(C)N(CCC(=O)Nc1nnc(-c2ccc3c(c2)OCO3)s1)C(=O)c1ccccc1C. The van der Waals surface area contributed by atoms with Crippen LogP contribution >= 0.6 is 11.3 Å². The van der Waals surface area contributed by atoms with Gasteiger partial charge in [0.25, 0.3) is 5.91 Å². The Morgan fingerprint density at radius 2 is 1.94 bits per heavy atom. The molecule has 1 N–H and O–H groups in total. The summed E-state index contributed by atoms with van der Waals surface area (Å²) < 4.78 is 10.7. The fourth-order valence-corrected chi connectivity index (χ4v) is 4.29. The average Bonchev–Trinajstić information content (AvgIpc) is 3.48. The maximum atomic E-state index is 13.1. The summed E-state index contributed by atoms with van der Waals surface area (Å²) in [6.45, 7) is 6.47. The summed E-state index contributed by atoms with van der Waals surface area (Å²) >= 11 is 1.28. The monoisotopic (exact) mass is 466 g/mol. The van der Waals surface area contributed by atoms with Gasteiger partial charge in [-0.1, -0.05) is 36.5 Å². The van der Waals surface area contributed by atoms with Crippen LogP contribution in [0.3, 0.4) is 0 Å². The highest BCUT2D eigenvalue weighted by molar-refractivity contribution is 7.18. The van der Waals surface area contributed by atoms with Gasteiger partial charge in [0.2, 0.25) is 17.8 Å². The van der Waals surface area contributed by atoms with Gasteiger partial charge in [0, 0.05) is 30.1 Å². The number of anilines is 1. The van der Waals surface area contributed by atoms with Crippen molar-refractivity contribution in [2.75, 3.05) is 18.7 Å².